The molecule has 8 heteroatoms. The number of amides is 1. The van der Waals surface area contributed by atoms with Gasteiger partial charge >= 0.3 is 0 Å². The van der Waals surface area contributed by atoms with Gasteiger partial charge in [0, 0.05) is 48.8 Å². The van der Waals surface area contributed by atoms with Crippen molar-refractivity contribution < 1.29 is 14.4 Å². The molecule has 0 bridgehead atoms. The van der Waals surface area contributed by atoms with Crippen molar-refractivity contribution in [3.05, 3.63) is 54.2 Å². The minimum absolute atomic E-state index is 0.167. The molecule has 1 aromatic carbocycles. The number of aliphatic hydroxyl groups is 1. The summed E-state index contributed by atoms with van der Waals surface area (Å²) in [6, 6.07) is 9.44. The first-order valence-electron chi connectivity index (χ1n) is 9.88. The van der Waals surface area contributed by atoms with E-state index in [2.05, 4.69) is 27.0 Å². The molecule has 1 aliphatic rings. The summed E-state index contributed by atoms with van der Waals surface area (Å²) in [4.78, 5) is 25.9. The molecule has 2 N–H and O–H groups in total. The predicted molar refractivity (Wildman–Crippen MR) is 110 cm³/mol. The number of likely N-dealkylation sites (tertiary alicyclic amines) is 1. The second-order valence-electron chi connectivity index (χ2n) is 7.61. The lowest BCUT2D eigenvalue weighted by molar-refractivity contribution is -0.144. The van der Waals surface area contributed by atoms with Gasteiger partial charge in [-0.25, -0.2) is 9.97 Å². The number of hydrogen-bond donors (Lipinski definition) is 2. The van der Waals surface area contributed by atoms with Crippen LogP contribution in [0.2, 0.25) is 0 Å². The first-order chi connectivity index (χ1) is 14.5. The van der Waals surface area contributed by atoms with Crippen LogP contribution in [0.15, 0.2) is 47.4 Å². The number of carbonyl (C=O) groups is 1. The van der Waals surface area contributed by atoms with Crippen LogP contribution in [0.5, 0.6) is 0 Å². The molecule has 1 aliphatic heterocycles. The first kappa shape index (κ1) is 18.5. The maximum Gasteiger partial charge on any atom is 0.262 e. The van der Waals surface area contributed by atoms with Crippen LogP contribution in [0.1, 0.15) is 24.7 Å². The fourth-order valence-corrected chi connectivity index (χ4v) is 4.04. The van der Waals surface area contributed by atoms with E-state index in [1.165, 1.54) is 4.90 Å². The molecule has 30 heavy (non-hydrogen) atoms. The number of benzene rings is 1. The Morgan fingerprint density at radius 1 is 1.27 bits per heavy atom. The van der Waals surface area contributed by atoms with Crippen LogP contribution >= 0.6 is 0 Å². The Hall–Kier alpha value is -3.52. The van der Waals surface area contributed by atoms with E-state index in [0.717, 1.165) is 39.8 Å². The number of rotatable bonds is 4. The zero-order valence-electron chi connectivity index (χ0n) is 16.7. The van der Waals surface area contributed by atoms with Crippen LogP contribution in [-0.4, -0.2) is 49.6 Å². The largest absolute Gasteiger partial charge is 0.373 e. The van der Waals surface area contributed by atoms with Gasteiger partial charge in [0.25, 0.3) is 5.91 Å². The van der Waals surface area contributed by atoms with Gasteiger partial charge < -0.3 is 19.5 Å². The monoisotopic (exact) mass is 403 g/mol. The summed E-state index contributed by atoms with van der Waals surface area (Å²) >= 11 is 0. The SMILES string of the molecule is CCc1c[nH]c2ncnc(-c3cccc(-c4cc([C@]5(O)CCN(C)C5=O)on4)c3)c12. The molecule has 3 aromatic heterocycles. The third-order valence-electron chi connectivity index (χ3n) is 5.79. The molecular formula is C22H21N5O3. The van der Waals surface area contributed by atoms with Gasteiger partial charge in [0.05, 0.1) is 5.69 Å². The van der Waals surface area contributed by atoms with E-state index in [1.807, 2.05) is 30.5 Å². The van der Waals surface area contributed by atoms with Gasteiger partial charge in [-0.3, -0.25) is 4.79 Å². The second kappa shape index (κ2) is 6.77. The van der Waals surface area contributed by atoms with Crippen molar-refractivity contribution in [1.29, 1.82) is 0 Å². The standard InChI is InChI=1S/C22H21N5O3/c1-3-13-11-23-20-18(13)19(24-12-25-20)15-6-4-5-14(9-15)16-10-17(30-26-16)22(29)7-8-27(2)21(22)28/h4-6,9-12,29H,3,7-8H2,1-2H3,(H,23,24,25)/t22-/m1/s1. The van der Waals surface area contributed by atoms with E-state index < -0.39 is 5.60 Å². The number of nitrogens with zero attached hydrogens (tertiary/aromatic N) is 4. The molecule has 152 valence electrons. The highest BCUT2D eigenvalue weighted by Crippen LogP contribution is 2.36. The number of aryl methyl sites for hydroxylation is 1. The summed E-state index contributed by atoms with van der Waals surface area (Å²) in [6.45, 7) is 2.57. The highest BCUT2D eigenvalue weighted by atomic mass is 16.5. The van der Waals surface area contributed by atoms with Crippen LogP contribution < -0.4 is 0 Å². The van der Waals surface area contributed by atoms with Crippen molar-refractivity contribution in [2.24, 2.45) is 0 Å². The summed E-state index contributed by atoms with van der Waals surface area (Å²) in [5.74, 6) is -0.206. The van der Waals surface area contributed by atoms with Crippen molar-refractivity contribution in [2.75, 3.05) is 13.6 Å². The van der Waals surface area contributed by atoms with Gasteiger partial charge in [-0.15, -0.1) is 0 Å². The summed E-state index contributed by atoms with van der Waals surface area (Å²) in [5, 5.41) is 15.9. The summed E-state index contributed by atoms with van der Waals surface area (Å²) in [5.41, 5.74) is 3.43. The van der Waals surface area contributed by atoms with Gasteiger partial charge in [0.2, 0.25) is 5.60 Å². The predicted octanol–water partition coefficient (Wildman–Crippen LogP) is 2.89. The molecule has 1 amide bonds. The maximum atomic E-state index is 12.3. The minimum Gasteiger partial charge on any atom is -0.373 e. The number of carbonyl (C=O) groups excluding carboxylic acids is 1. The third-order valence-corrected chi connectivity index (χ3v) is 5.79. The van der Waals surface area contributed by atoms with Gasteiger partial charge in [-0.1, -0.05) is 30.3 Å². The number of likely N-dealkylation sites (N-methyl/N-ethyl adjacent to an activating group) is 1. The van der Waals surface area contributed by atoms with E-state index in [4.69, 9.17) is 4.52 Å². The van der Waals surface area contributed by atoms with Gasteiger partial charge in [0.15, 0.2) is 5.76 Å². The Labute approximate surface area is 172 Å². The third kappa shape index (κ3) is 2.72. The highest BCUT2D eigenvalue weighted by Gasteiger charge is 2.48. The molecule has 8 nitrogen and oxygen atoms in total. The lowest BCUT2D eigenvalue weighted by Crippen LogP contribution is -2.35. The molecule has 0 aliphatic carbocycles. The average molecular weight is 403 g/mol. The van der Waals surface area contributed by atoms with Gasteiger partial charge in [-0.2, -0.15) is 0 Å². The van der Waals surface area contributed by atoms with Crippen LogP contribution in [-0.2, 0) is 16.8 Å². The zero-order chi connectivity index (χ0) is 20.9. The Bertz CT molecular complexity index is 1260. The van der Waals surface area contributed by atoms with Crippen molar-refractivity contribution in [3.8, 4) is 22.5 Å². The molecule has 0 radical (unpaired) electrons. The average Bonchev–Trinajstić information content (AvgIpc) is 3.49. The van der Waals surface area contributed by atoms with E-state index in [1.54, 1.807) is 19.4 Å². The van der Waals surface area contributed by atoms with Crippen molar-refractivity contribution in [3.63, 3.8) is 0 Å². The van der Waals surface area contributed by atoms with Gasteiger partial charge in [0.1, 0.15) is 17.7 Å². The maximum absolute atomic E-state index is 12.3. The van der Waals surface area contributed by atoms with E-state index >= 15 is 0 Å². The first-order valence-corrected chi connectivity index (χ1v) is 9.88. The van der Waals surface area contributed by atoms with E-state index in [0.29, 0.717) is 12.2 Å². The Balaban J connectivity index is 1.56. The molecule has 0 saturated carbocycles. The summed E-state index contributed by atoms with van der Waals surface area (Å²) in [6.07, 6.45) is 4.66. The normalized spacial score (nSPS) is 19.2. The van der Waals surface area contributed by atoms with E-state index in [-0.39, 0.29) is 18.1 Å². The van der Waals surface area contributed by atoms with E-state index in [9.17, 15) is 9.90 Å². The van der Waals surface area contributed by atoms with Crippen LogP contribution in [0, 0.1) is 0 Å². The summed E-state index contributed by atoms with van der Waals surface area (Å²) < 4.78 is 5.39. The van der Waals surface area contributed by atoms with Gasteiger partial charge in [-0.05, 0) is 18.1 Å². The quantitative estimate of drug-likeness (QED) is 0.542. The van der Waals surface area contributed by atoms with Crippen LogP contribution in [0.3, 0.4) is 0 Å². The molecule has 0 unspecified atom stereocenters. The number of aromatic nitrogens is 4. The molecule has 4 heterocycles. The Kier molecular flexibility index (Phi) is 4.18. The highest BCUT2D eigenvalue weighted by molar-refractivity contribution is 5.94. The number of hydrogen-bond acceptors (Lipinski definition) is 6. The number of H-pyrrole nitrogens is 1. The number of aromatic amines is 1. The molecule has 1 saturated heterocycles. The molecule has 1 fully saturated rings. The van der Waals surface area contributed by atoms with Crippen molar-refractivity contribution in [1.82, 2.24) is 25.0 Å². The molecule has 1 atom stereocenters. The lowest BCUT2D eigenvalue weighted by atomic mass is 9.97. The van der Waals surface area contributed by atoms with Crippen molar-refractivity contribution >= 4 is 16.9 Å². The Morgan fingerprint density at radius 2 is 2.10 bits per heavy atom. The number of fused-ring (bicyclic) bond motifs is 1. The van der Waals surface area contributed by atoms with Crippen LogP contribution in [0.25, 0.3) is 33.5 Å². The smallest absolute Gasteiger partial charge is 0.262 e. The zero-order valence-corrected chi connectivity index (χ0v) is 16.7. The van der Waals surface area contributed by atoms with Crippen LogP contribution in [0.4, 0.5) is 0 Å². The molecule has 0 spiro atoms. The topological polar surface area (TPSA) is 108 Å². The molecular weight excluding hydrogens is 382 g/mol. The lowest BCUT2D eigenvalue weighted by Gasteiger charge is -2.16. The second-order valence-corrected chi connectivity index (χ2v) is 7.61. The molecule has 4 aromatic rings. The van der Waals surface area contributed by atoms with Crippen molar-refractivity contribution in [2.45, 2.75) is 25.4 Å². The number of nitrogens with one attached hydrogen (secondary N) is 1. The summed E-state index contributed by atoms with van der Waals surface area (Å²) in [7, 11) is 1.66. The fraction of sp³-hybridized carbons (Fsp3) is 0.273. The minimum atomic E-state index is -1.66. The Morgan fingerprint density at radius 3 is 2.87 bits per heavy atom. The molecule has 5 rings (SSSR count). The fourth-order valence-electron chi connectivity index (χ4n) is 4.04.